The number of hydrogen-bond acceptors (Lipinski definition) is 20. The van der Waals surface area contributed by atoms with E-state index in [0.29, 0.717) is 0 Å². The van der Waals surface area contributed by atoms with Crippen molar-refractivity contribution in [2.24, 2.45) is 0 Å². The third-order valence-corrected chi connectivity index (χ3v) is 8.72. The first kappa shape index (κ1) is 38.5. The zero-order chi connectivity index (χ0) is 35.3. The van der Waals surface area contributed by atoms with Crippen molar-refractivity contribution in [3.05, 3.63) is 0 Å². The first-order valence-electron chi connectivity index (χ1n) is 14.3. The number of hydrogen-bond donors (Lipinski definition) is 11. The van der Waals surface area contributed by atoms with Gasteiger partial charge in [-0.05, 0) is 20.8 Å². The molecule has 0 aromatic rings. The Morgan fingerprint density at radius 3 is 1.62 bits per heavy atom. The number of aliphatic hydroxyl groups excluding tert-OH is 9. The summed E-state index contributed by atoms with van der Waals surface area (Å²) in [6.07, 6.45) is -37.1. The van der Waals surface area contributed by atoms with Gasteiger partial charge in [0.2, 0.25) is 0 Å². The predicted molar refractivity (Wildman–Crippen MR) is 141 cm³/mol. The SMILES string of the molecule is CC1O[C@H](O)[C@@H](O)[C@H](O[C@H]2O[C@@H](C)[C@H](O)[C@@H](O[C@H]3O[C@@H](C)[C@H](OS(=O)(=O)O)[C@@H](O)[C@@H]3O)[C@@H]2O[C@@H]2O[C@H](C(=O)O)[C@@H](O)[C@H](O)[C@H]2O)[C@H]1O. The molecule has 0 aliphatic carbocycles. The molecule has 4 rings (SSSR count). The van der Waals surface area contributed by atoms with Gasteiger partial charge in [0.1, 0.15) is 73.2 Å². The van der Waals surface area contributed by atoms with E-state index in [1.165, 1.54) is 20.8 Å². The van der Waals surface area contributed by atoms with Crippen LogP contribution in [-0.4, -0.2) is 193 Å². The zero-order valence-corrected chi connectivity index (χ0v) is 25.7. The van der Waals surface area contributed by atoms with Crippen LogP contribution in [0.3, 0.4) is 0 Å². The van der Waals surface area contributed by atoms with E-state index in [1.807, 2.05) is 0 Å². The number of ether oxygens (including phenoxy) is 7. The van der Waals surface area contributed by atoms with E-state index in [-0.39, 0.29) is 0 Å². The van der Waals surface area contributed by atoms with Gasteiger partial charge in [0.25, 0.3) is 0 Å². The maximum Gasteiger partial charge on any atom is 0.397 e. The summed E-state index contributed by atoms with van der Waals surface area (Å²) in [5.41, 5.74) is 0. The van der Waals surface area contributed by atoms with E-state index >= 15 is 0 Å². The first-order chi connectivity index (χ1) is 21.7. The van der Waals surface area contributed by atoms with Gasteiger partial charge in [-0.2, -0.15) is 8.42 Å². The van der Waals surface area contributed by atoms with E-state index in [4.69, 9.17) is 37.7 Å². The molecule has 4 heterocycles. The van der Waals surface area contributed by atoms with Crippen molar-refractivity contribution in [2.75, 3.05) is 0 Å². The van der Waals surface area contributed by atoms with Crippen molar-refractivity contribution in [2.45, 2.75) is 144 Å². The predicted octanol–water partition coefficient (Wildman–Crippen LogP) is -6.75. The lowest BCUT2D eigenvalue weighted by molar-refractivity contribution is -0.399. The molecule has 4 aliphatic heterocycles. The van der Waals surface area contributed by atoms with E-state index < -0.39 is 139 Å². The van der Waals surface area contributed by atoms with Crippen molar-refractivity contribution >= 4 is 16.4 Å². The van der Waals surface area contributed by atoms with Gasteiger partial charge < -0.3 is 84.2 Å². The van der Waals surface area contributed by atoms with Crippen molar-refractivity contribution in [1.29, 1.82) is 0 Å². The van der Waals surface area contributed by atoms with Crippen LogP contribution in [0.5, 0.6) is 0 Å². The monoisotopic (exact) mass is 712 g/mol. The van der Waals surface area contributed by atoms with Gasteiger partial charge in [-0.1, -0.05) is 0 Å². The summed E-state index contributed by atoms with van der Waals surface area (Å²) < 4.78 is 74.5. The molecule has 4 aliphatic rings. The summed E-state index contributed by atoms with van der Waals surface area (Å²) in [5, 5.41) is 104. The molecule has 47 heavy (non-hydrogen) atoms. The molecular weight excluding hydrogens is 672 g/mol. The molecule has 0 aromatic carbocycles. The van der Waals surface area contributed by atoms with E-state index in [0.717, 1.165) is 0 Å². The molecule has 0 aromatic heterocycles. The molecule has 274 valence electrons. The first-order valence-corrected chi connectivity index (χ1v) is 15.7. The lowest BCUT2D eigenvalue weighted by Crippen LogP contribution is -2.68. The standard InChI is InChI=1S/C24H40O22S/c1-4-7(25)16(14(32)21(35)39-4)42-24-19(45-23-12(30)9(27)10(28)18(44-23)20(33)34)17(8(26)5(2)40-24)43-22-13(31)11(29)15(6(3)41-22)46-47(36,37)38/h4-19,21-32,35H,1-3H3,(H,33,34)(H,36,37,38)/t4?,5-,6-,7-,8-,9-,10-,11-,12+,13-,14-,15-,16+,17+,18-,19-,21-,22+,23-,24+/m0/s1. The number of aliphatic carboxylic acids is 1. The molecule has 22 nitrogen and oxygen atoms in total. The minimum absolute atomic E-state index is 1.11. The smallest absolute Gasteiger partial charge is 0.397 e. The molecule has 20 atom stereocenters. The van der Waals surface area contributed by atoms with Crippen LogP contribution in [0.25, 0.3) is 0 Å². The van der Waals surface area contributed by atoms with Crippen LogP contribution in [0.1, 0.15) is 20.8 Å². The third-order valence-electron chi connectivity index (χ3n) is 8.26. The van der Waals surface area contributed by atoms with Gasteiger partial charge in [-0.3, -0.25) is 4.55 Å². The fourth-order valence-electron chi connectivity index (χ4n) is 5.59. The van der Waals surface area contributed by atoms with Gasteiger partial charge in [0.05, 0.1) is 18.3 Å². The minimum atomic E-state index is -5.13. The molecular formula is C24H40O22S. The van der Waals surface area contributed by atoms with E-state index in [1.54, 1.807) is 0 Å². The molecule has 23 heteroatoms. The summed E-state index contributed by atoms with van der Waals surface area (Å²) in [4.78, 5) is 11.7. The van der Waals surface area contributed by atoms with Gasteiger partial charge in [-0.25, -0.2) is 8.98 Å². The highest BCUT2D eigenvalue weighted by Crippen LogP contribution is 2.36. The Bertz CT molecular complexity index is 1160. The van der Waals surface area contributed by atoms with Gasteiger partial charge in [0, 0.05) is 0 Å². The minimum Gasteiger partial charge on any atom is -0.479 e. The molecule has 0 radical (unpaired) electrons. The number of carboxylic acid groups (broad SMARTS) is 1. The molecule has 0 saturated carbocycles. The van der Waals surface area contributed by atoms with Crippen LogP contribution in [0.15, 0.2) is 0 Å². The second-order valence-electron chi connectivity index (χ2n) is 11.6. The second-order valence-corrected chi connectivity index (χ2v) is 12.7. The maximum atomic E-state index is 11.7. The molecule has 0 spiro atoms. The largest absolute Gasteiger partial charge is 0.479 e. The van der Waals surface area contributed by atoms with Crippen LogP contribution in [-0.2, 0) is 52.5 Å². The Morgan fingerprint density at radius 2 is 1.02 bits per heavy atom. The molecule has 11 N–H and O–H groups in total. The van der Waals surface area contributed by atoms with Crippen molar-refractivity contribution in [3.63, 3.8) is 0 Å². The Morgan fingerprint density at radius 1 is 0.532 bits per heavy atom. The number of carboxylic acids is 1. The quantitative estimate of drug-likeness (QED) is 0.0989. The fourth-order valence-corrected chi connectivity index (χ4v) is 6.14. The van der Waals surface area contributed by atoms with Gasteiger partial charge in [0.15, 0.2) is 31.3 Å². The zero-order valence-electron chi connectivity index (χ0n) is 24.9. The van der Waals surface area contributed by atoms with Crippen molar-refractivity contribution < 1.29 is 106 Å². The van der Waals surface area contributed by atoms with Gasteiger partial charge >= 0.3 is 16.4 Å². The van der Waals surface area contributed by atoms with Crippen LogP contribution in [0.2, 0.25) is 0 Å². The topological polar surface area (TPSA) is 348 Å². The average molecular weight is 713 g/mol. The molecule has 4 saturated heterocycles. The van der Waals surface area contributed by atoms with Crippen molar-refractivity contribution in [1.82, 2.24) is 0 Å². The molecule has 0 amide bonds. The fraction of sp³-hybridized carbons (Fsp3) is 0.958. The van der Waals surface area contributed by atoms with Crippen LogP contribution >= 0.6 is 0 Å². The lowest BCUT2D eigenvalue weighted by atomic mass is 9.95. The van der Waals surface area contributed by atoms with E-state index in [9.17, 15) is 64.3 Å². The molecule has 1 unspecified atom stereocenters. The lowest BCUT2D eigenvalue weighted by Gasteiger charge is -2.50. The summed E-state index contributed by atoms with van der Waals surface area (Å²) in [7, 11) is -5.13. The van der Waals surface area contributed by atoms with Crippen LogP contribution in [0, 0.1) is 0 Å². The van der Waals surface area contributed by atoms with E-state index in [2.05, 4.69) is 4.18 Å². The Kier molecular flexibility index (Phi) is 12.2. The second kappa shape index (κ2) is 14.9. The van der Waals surface area contributed by atoms with Crippen LogP contribution in [0.4, 0.5) is 0 Å². The summed E-state index contributed by atoms with van der Waals surface area (Å²) in [5.74, 6) is -1.77. The third kappa shape index (κ3) is 8.20. The summed E-state index contributed by atoms with van der Waals surface area (Å²) in [6.45, 7) is 3.80. The number of carbonyl (C=O) groups is 1. The summed E-state index contributed by atoms with van der Waals surface area (Å²) >= 11 is 0. The molecule has 4 fully saturated rings. The van der Waals surface area contributed by atoms with Crippen molar-refractivity contribution in [3.8, 4) is 0 Å². The summed E-state index contributed by atoms with van der Waals surface area (Å²) in [6, 6.07) is 0. The maximum absolute atomic E-state index is 11.7. The van der Waals surface area contributed by atoms with Gasteiger partial charge in [-0.15, -0.1) is 0 Å². The number of aliphatic hydroxyl groups is 9. The highest BCUT2D eigenvalue weighted by molar-refractivity contribution is 7.80. The highest BCUT2D eigenvalue weighted by atomic mass is 32.3. The normalized spacial score (nSPS) is 51.4. The average Bonchev–Trinajstić information content (AvgIpc) is 2.98. The number of rotatable bonds is 9. The molecule has 0 bridgehead atoms. The Hall–Kier alpha value is -1.30. The Labute approximate surface area is 266 Å². The Balaban J connectivity index is 1.68. The highest BCUT2D eigenvalue weighted by Gasteiger charge is 2.56. The van der Waals surface area contributed by atoms with Crippen LogP contribution < -0.4 is 0 Å².